The van der Waals surface area contributed by atoms with Crippen LogP contribution in [0.2, 0.25) is 0 Å². The van der Waals surface area contributed by atoms with Gasteiger partial charge in [-0.3, -0.25) is 4.79 Å². The molecule has 1 amide bonds. The average Bonchev–Trinajstić information content (AvgIpc) is 2.70. The quantitative estimate of drug-likeness (QED) is 0.794. The van der Waals surface area contributed by atoms with E-state index >= 15 is 0 Å². The molecule has 4 heteroatoms. The SMILES string of the molecule is O=C(CCNC1CCCCCC1)Nc1ccc(Br)cc1. The number of halogens is 1. The van der Waals surface area contributed by atoms with E-state index in [1.807, 2.05) is 24.3 Å². The molecule has 1 fully saturated rings. The van der Waals surface area contributed by atoms with E-state index in [4.69, 9.17) is 0 Å². The topological polar surface area (TPSA) is 41.1 Å². The van der Waals surface area contributed by atoms with Gasteiger partial charge in [0.1, 0.15) is 0 Å². The Labute approximate surface area is 129 Å². The van der Waals surface area contributed by atoms with E-state index < -0.39 is 0 Å². The molecule has 1 saturated carbocycles. The molecule has 2 N–H and O–H groups in total. The van der Waals surface area contributed by atoms with Crippen molar-refractivity contribution < 1.29 is 4.79 Å². The first-order chi connectivity index (χ1) is 9.74. The second-order valence-corrected chi connectivity index (χ2v) is 6.36. The molecule has 20 heavy (non-hydrogen) atoms. The van der Waals surface area contributed by atoms with E-state index in [1.54, 1.807) is 0 Å². The van der Waals surface area contributed by atoms with E-state index in [9.17, 15) is 4.79 Å². The third-order valence-electron chi connectivity index (χ3n) is 3.77. The van der Waals surface area contributed by atoms with Crippen molar-refractivity contribution in [3.8, 4) is 0 Å². The van der Waals surface area contributed by atoms with Crippen molar-refractivity contribution in [1.82, 2.24) is 5.32 Å². The summed E-state index contributed by atoms with van der Waals surface area (Å²) >= 11 is 3.38. The highest BCUT2D eigenvalue weighted by molar-refractivity contribution is 9.10. The Bertz CT molecular complexity index is 411. The van der Waals surface area contributed by atoms with E-state index in [0.29, 0.717) is 12.5 Å². The van der Waals surface area contributed by atoms with Crippen molar-refractivity contribution in [3.63, 3.8) is 0 Å². The van der Waals surface area contributed by atoms with Gasteiger partial charge in [0, 0.05) is 29.2 Å². The van der Waals surface area contributed by atoms with E-state index in [0.717, 1.165) is 16.7 Å². The van der Waals surface area contributed by atoms with Crippen molar-refractivity contribution in [3.05, 3.63) is 28.7 Å². The van der Waals surface area contributed by atoms with Gasteiger partial charge in [-0.15, -0.1) is 0 Å². The number of nitrogens with one attached hydrogen (secondary N) is 2. The van der Waals surface area contributed by atoms with Gasteiger partial charge in [-0.25, -0.2) is 0 Å². The number of anilines is 1. The van der Waals surface area contributed by atoms with Crippen LogP contribution in [0.3, 0.4) is 0 Å². The lowest BCUT2D eigenvalue weighted by Gasteiger charge is -2.15. The van der Waals surface area contributed by atoms with Crippen LogP contribution < -0.4 is 10.6 Å². The largest absolute Gasteiger partial charge is 0.326 e. The smallest absolute Gasteiger partial charge is 0.225 e. The fraction of sp³-hybridized carbons (Fsp3) is 0.562. The molecule has 0 saturated heterocycles. The van der Waals surface area contributed by atoms with Crippen molar-refractivity contribution >= 4 is 27.5 Å². The van der Waals surface area contributed by atoms with Crippen LogP contribution in [0.1, 0.15) is 44.9 Å². The molecule has 0 aromatic heterocycles. The number of carbonyl (C=O) groups excluding carboxylic acids is 1. The van der Waals surface area contributed by atoms with Gasteiger partial charge >= 0.3 is 0 Å². The minimum Gasteiger partial charge on any atom is -0.326 e. The average molecular weight is 339 g/mol. The molecular weight excluding hydrogens is 316 g/mol. The molecule has 3 nitrogen and oxygen atoms in total. The highest BCUT2D eigenvalue weighted by Crippen LogP contribution is 2.17. The van der Waals surface area contributed by atoms with Gasteiger partial charge in [0.2, 0.25) is 5.91 Å². The summed E-state index contributed by atoms with van der Waals surface area (Å²) in [4.78, 5) is 11.8. The normalized spacial score (nSPS) is 16.6. The predicted octanol–water partition coefficient (Wildman–Crippen LogP) is 4.09. The molecule has 1 aromatic rings. The van der Waals surface area contributed by atoms with Crippen LogP contribution in [0, 0.1) is 0 Å². The summed E-state index contributed by atoms with van der Waals surface area (Å²) in [5.41, 5.74) is 0.854. The van der Waals surface area contributed by atoms with Gasteiger partial charge in [-0.2, -0.15) is 0 Å². The van der Waals surface area contributed by atoms with Crippen LogP contribution in [-0.4, -0.2) is 18.5 Å². The molecule has 0 spiro atoms. The fourth-order valence-electron chi connectivity index (χ4n) is 2.63. The van der Waals surface area contributed by atoms with Crippen molar-refractivity contribution in [2.45, 2.75) is 51.0 Å². The molecular formula is C16H23BrN2O. The lowest BCUT2D eigenvalue weighted by molar-refractivity contribution is -0.116. The molecule has 1 aliphatic rings. The maximum atomic E-state index is 11.8. The lowest BCUT2D eigenvalue weighted by Crippen LogP contribution is -2.31. The van der Waals surface area contributed by atoms with Gasteiger partial charge < -0.3 is 10.6 Å². The van der Waals surface area contributed by atoms with Crippen LogP contribution in [0.5, 0.6) is 0 Å². The van der Waals surface area contributed by atoms with Crippen molar-refractivity contribution in [1.29, 1.82) is 0 Å². The zero-order valence-corrected chi connectivity index (χ0v) is 13.4. The first kappa shape index (κ1) is 15.5. The van der Waals surface area contributed by atoms with Gasteiger partial charge in [-0.05, 0) is 37.1 Å². The highest BCUT2D eigenvalue weighted by atomic mass is 79.9. The fourth-order valence-corrected chi connectivity index (χ4v) is 2.89. The summed E-state index contributed by atoms with van der Waals surface area (Å²) in [7, 11) is 0. The Balaban J connectivity index is 1.65. The Morgan fingerprint density at radius 1 is 1.10 bits per heavy atom. The summed E-state index contributed by atoms with van der Waals surface area (Å²) in [5.74, 6) is 0.0773. The summed E-state index contributed by atoms with van der Waals surface area (Å²) in [6.45, 7) is 0.771. The van der Waals surface area contributed by atoms with Crippen LogP contribution in [0.25, 0.3) is 0 Å². The summed E-state index contributed by atoms with van der Waals surface area (Å²) in [6.07, 6.45) is 8.42. The monoisotopic (exact) mass is 338 g/mol. The predicted molar refractivity (Wildman–Crippen MR) is 86.9 cm³/mol. The first-order valence-electron chi connectivity index (χ1n) is 7.53. The number of benzene rings is 1. The zero-order chi connectivity index (χ0) is 14.2. The molecule has 0 atom stereocenters. The Kier molecular flexibility index (Phi) is 6.54. The molecule has 0 unspecified atom stereocenters. The van der Waals surface area contributed by atoms with Gasteiger partial charge in [-0.1, -0.05) is 41.6 Å². The molecule has 0 bridgehead atoms. The van der Waals surface area contributed by atoms with Gasteiger partial charge in [0.05, 0.1) is 0 Å². The third kappa shape index (κ3) is 5.63. The number of hydrogen-bond acceptors (Lipinski definition) is 2. The molecule has 2 rings (SSSR count). The maximum Gasteiger partial charge on any atom is 0.225 e. The van der Waals surface area contributed by atoms with Gasteiger partial charge in [0.25, 0.3) is 0 Å². The Morgan fingerprint density at radius 2 is 1.75 bits per heavy atom. The first-order valence-corrected chi connectivity index (χ1v) is 8.32. The lowest BCUT2D eigenvalue weighted by atomic mass is 10.1. The van der Waals surface area contributed by atoms with Crippen molar-refractivity contribution in [2.24, 2.45) is 0 Å². The van der Waals surface area contributed by atoms with E-state index in [2.05, 4.69) is 26.6 Å². The van der Waals surface area contributed by atoms with Crippen LogP contribution >= 0.6 is 15.9 Å². The van der Waals surface area contributed by atoms with E-state index in [1.165, 1.54) is 38.5 Å². The molecule has 110 valence electrons. The molecule has 0 heterocycles. The molecule has 0 radical (unpaired) electrons. The molecule has 1 aliphatic carbocycles. The minimum atomic E-state index is 0.0773. The molecule has 1 aromatic carbocycles. The number of rotatable bonds is 5. The zero-order valence-electron chi connectivity index (χ0n) is 11.8. The van der Waals surface area contributed by atoms with Crippen LogP contribution in [0.4, 0.5) is 5.69 Å². The second-order valence-electron chi connectivity index (χ2n) is 5.45. The second kappa shape index (κ2) is 8.42. The summed E-state index contributed by atoms with van der Waals surface area (Å²) in [6, 6.07) is 8.28. The van der Waals surface area contributed by atoms with Crippen LogP contribution in [-0.2, 0) is 4.79 Å². The number of hydrogen-bond donors (Lipinski definition) is 2. The number of carbonyl (C=O) groups is 1. The Morgan fingerprint density at radius 3 is 2.40 bits per heavy atom. The Hall–Kier alpha value is -0.870. The van der Waals surface area contributed by atoms with E-state index in [-0.39, 0.29) is 5.91 Å². The standard InChI is InChI=1S/C16H23BrN2O/c17-13-7-9-15(10-8-13)19-16(20)11-12-18-14-5-3-1-2-4-6-14/h7-10,14,18H,1-6,11-12H2,(H,19,20). The minimum absolute atomic E-state index is 0.0773. The highest BCUT2D eigenvalue weighted by Gasteiger charge is 2.11. The maximum absolute atomic E-state index is 11.8. The summed E-state index contributed by atoms with van der Waals surface area (Å²) < 4.78 is 1.02. The molecule has 0 aliphatic heterocycles. The number of amides is 1. The third-order valence-corrected chi connectivity index (χ3v) is 4.30. The van der Waals surface area contributed by atoms with Gasteiger partial charge in [0.15, 0.2) is 0 Å². The summed E-state index contributed by atoms with van der Waals surface area (Å²) in [5, 5.41) is 6.44. The van der Waals surface area contributed by atoms with Crippen molar-refractivity contribution in [2.75, 3.05) is 11.9 Å². The van der Waals surface area contributed by atoms with Crippen LogP contribution in [0.15, 0.2) is 28.7 Å².